The van der Waals surface area contributed by atoms with Gasteiger partial charge in [-0.1, -0.05) is 48.2 Å². The number of aromatic nitrogens is 1. The number of rotatable bonds is 4. The lowest BCUT2D eigenvalue weighted by Gasteiger charge is -2.03. The molecule has 3 rings (SSSR count). The number of benzene rings is 2. The van der Waals surface area contributed by atoms with E-state index in [1.807, 2.05) is 54.6 Å². The predicted molar refractivity (Wildman–Crippen MR) is 89.0 cm³/mol. The Balaban J connectivity index is 1.78. The molecule has 1 aromatic heterocycles. The molecule has 0 aliphatic carbocycles. The van der Waals surface area contributed by atoms with Crippen molar-refractivity contribution in [2.24, 2.45) is 0 Å². The number of para-hydroxylation sites is 1. The molecule has 0 radical (unpaired) electrons. The van der Waals surface area contributed by atoms with E-state index in [-0.39, 0.29) is 0 Å². The zero-order valence-electron chi connectivity index (χ0n) is 11.6. The van der Waals surface area contributed by atoms with Crippen molar-refractivity contribution in [1.82, 2.24) is 4.98 Å². The summed E-state index contributed by atoms with van der Waals surface area (Å²) in [6.07, 6.45) is 2.71. The van der Waals surface area contributed by atoms with Gasteiger partial charge in [0.05, 0.1) is 5.52 Å². The van der Waals surface area contributed by atoms with Crippen LogP contribution in [-0.2, 0) is 4.79 Å². The summed E-state index contributed by atoms with van der Waals surface area (Å²) >= 11 is 1.58. The van der Waals surface area contributed by atoms with Gasteiger partial charge >= 0.3 is 5.97 Å². The van der Waals surface area contributed by atoms with Gasteiger partial charge in [-0.15, -0.1) is 0 Å². The topological polar surface area (TPSA) is 50.2 Å². The number of carboxylic acid groups (broad SMARTS) is 1. The molecule has 2 aromatic carbocycles. The van der Waals surface area contributed by atoms with E-state index in [0.717, 1.165) is 32.5 Å². The van der Waals surface area contributed by atoms with Crippen LogP contribution in [0.1, 0.15) is 5.56 Å². The number of aliphatic carboxylic acids is 1. The van der Waals surface area contributed by atoms with E-state index in [4.69, 9.17) is 5.11 Å². The molecule has 0 aliphatic rings. The molecule has 0 unspecified atom stereocenters. The highest BCUT2D eigenvalue weighted by Gasteiger charge is 2.01. The Labute approximate surface area is 132 Å². The maximum Gasteiger partial charge on any atom is 0.328 e. The Hall–Kier alpha value is -2.59. The first-order valence-corrected chi connectivity index (χ1v) is 7.57. The van der Waals surface area contributed by atoms with Crippen molar-refractivity contribution in [2.75, 3.05) is 0 Å². The van der Waals surface area contributed by atoms with Crippen molar-refractivity contribution in [1.29, 1.82) is 0 Å². The standard InChI is InChI=1S/C18H13NO2S/c20-18(21)12-7-13-5-9-15(10-6-13)22-17-11-8-14-3-1-2-4-16(14)19-17/h1-12H,(H,20,21). The van der Waals surface area contributed by atoms with Gasteiger partial charge in [0.25, 0.3) is 0 Å². The van der Waals surface area contributed by atoms with Crippen molar-refractivity contribution >= 4 is 34.7 Å². The molecule has 0 saturated heterocycles. The minimum absolute atomic E-state index is 0.859. The number of hydrogen-bond acceptors (Lipinski definition) is 3. The lowest BCUT2D eigenvalue weighted by molar-refractivity contribution is -0.131. The molecule has 3 aromatic rings. The Bertz CT molecular complexity index is 841. The van der Waals surface area contributed by atoms with Crippen LogP contribution in [0.3, 0.4) is 0 Å². The van der Waals surface area contributed by atoms with Crippen LogP contribution in [0.25, 0.3) is 17.0 Å². The van der Waals surface area contributed by atoms with Crippen LogP contribution in [0.4, 0.5) is 0 Å². The van der Waals surface area contributed by atoms with Crippen molar-refractivity contribution < 1.29 is 9.90 Å². The van der Waals surface area contributed by atoms with Gasteiger partial charge < -0.3 is 5.11 Å². The van der Waals surface area contributed by atoms with E-state index in [0.29, 0.717) is 0 Å². The molecule has 1 N–H and O–H groups in total. The summed E-state index contributed by atoms with van der Waals surface area (Å²) in [5.74, 6) is -0.946. The van der Waals surface area contributed by atoms with Crippen molar-refractivity contribution in [3.63, 3.8) is 0 Å². The smallest absolute Gasteiger partial charge is 0.328 e. The summed E-state index contributed by atoms with van der Waals surface area (Å²) in [6.45, 7) is 0. The maximum atomic E-state index is 10.5. The summed E-state index contributed by atoms with van der Waals surface area (Å²) in [4.78, 5) is 16.2. The molecule has 0 fully saturated rings. The third-order valence-electron chi connectivity index (χ3n) is 3.09. The van der Waals surface area contributed by atoms with E-state index >= 15 is 0 Å². The summed E-state index contributed by atoms with van der Waals surface area (Å²) in [5, 5.41) is 10.7. The molecule has 0 aliphatic heterocycles. The molecule has 22 heavy (non-hydrogen) atoms. The van der Waals surface area contributed by atoms with Crippen LogP contribution in [0, 0.1) is 0 Å². The Morgan fingerprint density at radius 1 is 1.00 bits per heavy atom. The number of carbonyl (C=O) groups is 1. The fourth-order valence-electron chi connectivity index (χ4n) is 2.04. The summed E-state index contributed by atoms with van der Waals surface area (Å²) in [6, 6.07) is 19.8. The predicted octanol–water partition coefficient (Wildman–Crippen LogP) is 4.48. The zero-order valence-corrected chi connectivity index (χ0v) is 12.5. The van der Waals surface area contributed by atoms with Crippen LogP contribution in [0.5, 0.6) is 0 Å². The van der Waals surface area contributed by atoms with Crippen molar-refractivity contribution in [3.05, 3.63) is 72.3 Å². The van der Waals surface area contributed by atoms with E-state index in [1.165, 1.54) is 0 Å². The SMILES string of the molecule is O=C(O)C=Cc1ccc(Sc2ccc3ccccc3n2)cc1. The molecule has 0 amide bonds. The maximum absolute atomic E-state index is 10.5. The lowest BCUT2D eigenvalue weighted by Crippen LogP contribution is -1.85. The highest BCUT2D eigenvalue weighted by Crippen LogP contribution is 2.27. The van der Waals surface area contributed by atoms with Crippen molar-refractivity contribution in [3.8, 4) is 0 Å². The summed E-state index contributed by atoms with van der Waals surface area (Å²) < 4.78 is 0. The van der Waals surface area contributed by atoms with Gasteiger partial charge in [-0.2, -0.15) is 0 Å². The number of pyridine rings is 1. The van der Waals surface area contributed by atoms with Crippen LogP contribution >= 0.6 is 11.8 Å². The molecule has 0 bridgehead atoms. The fraction of sp³-hybridized carbons (Fsp3) is 0. The van der Waals surface area contributed by atoms with Crippen LogP contribution in [0.2, 0.25) is 0 Å². The quantitative estimate of drug-likeness (QED) is 0.722. The van der Waals surface area contributed by atoms with Gasteiger partial charge in [0.1, 0.15) is 5.03 Å². The van der Waals surface area contributed by atoms with E-state index in [2.05, 4.69) is 11.1 Å². The first-order valence-electron chi connectivity index (χ1n) is 6.75. The fourth-order valence-corrected chi connectivity index (χ4v) is 2.83. The third kappa shape index (κ3) is 3.54. The zero-order chi connectivity index (χ0) is 15.4. The van der Waals surface area contributed by atoms with Gasteiger partial charge in [-0.05, 0) is 35.9 Å². The molecule has 4 heteroatoms. The lowest BCUT2D eigenvalue weighted by atomic mass is 10.2. The Morgan fingerprint density at radius 3 is 2.55 bits per heavy atom. The molecule has 0 saturated carbocycles. The minimum Gasteiger partial charge on any atom is -0.478 e. The normalized spacial score (nSPS) is 11.1. The molecular formula is C18H13NO2S. The summed E-state index contributed by atoms with van der Waals surface area (Å²) in [5.41, 5.74) is 1.84. The highest BCUT2D eigenvalue weighted by molar-refractivity contribution is 7.99. The van der Waals surface area contributed by atoms with Crippen LogP contribution < -0.4 is 0 Å². The van der Waals surface area contributed by atoms with Gasteiger partial charge in [-0.3, -0.25) is 0 Å². The number of nitrogens with zero attached hydrogens (tertiary/aromatic N) is 1. The molecule has 1 heterocycles. The second kappa shape index (κ2) is 6.45. The van der Waals surface area contributed by atoms with Crippen LogP contribution in [-0.4, -0.2) is 16.1 Å². The Morgan fingerprint density at radius 2 is 1.77 bits per heavy atom. The van der Waals surface area contributed by atoms with E-state index in [9.17, 15) is 4.79 Å². The molecule has 108 valence electrons. The number of hydrogen-bond donors (Lipinski definition) is 1. The highest BCUT2D eigenvalue weighted by atomic mass is 32.2. The number of carboxylic acids is 1. The monoisotopic (exact) mass is 307 g/mol. The number of fused-ring (bicyclic) bond motifs is 1. The van der Waals surface area contributed by atoms with Gasteiger partial charge in [0.2, 0.25) is 0 Å². The van der Waals surface area contributed by atoms with Gasteiger partial charge in [0.15, 0.2) is 0 Å². The Kier molecular flexibility index (Phi) is 4.21. The molecule has 3 nitrogen and oxygen atoms in total. The van der Waals surface area contributed by atoms with E-state index in [1.54, 1.807) is 17.8 Å². The third-order valence-corrected chi connectivity index (χ3v) is 4.04. The van der Waals surface area contributed by atoms with Crippen molar-refractivity contribution in [2.45, 2.75) is 9.92 Å². The van der Waals surface area contributed by atoms with Gasteiger partial charge in [0, 0.05) is 16.4 Å². The van der Waals surface area contributed by atoms with Crippen LogP contribution in [0.15, 0.2) is 76.7 Å². The molecule has 0 spiro atoms. The molecular weight excluding hydrogens is 294 g/mol. The second-order valence-corrected chi connectivity index (χ2v) is 5.78. The second-order valence-electron chi connectivity index (χ2n) is 4.68. The summed E-state index contributed by atoms with van der Waals surface area (Å²) in [7, 11) is 0. The van der Waals surface area contributed by atoms with Gasteiger partial charge in [-0.25, -0.2) is 9.78 Å². The first-order chi connectivity index (χ1) is 10.7. The average molecular weight is 307 g/mol. The minimum atomic E-state index is -0.946. The largest absolute Gasteiger partial charge is 0.478 e. The first kappa shape index (κ1) is 14.4. The average Bonchev–Trinajstić information content (AvgIpc) is 2.54. The molecule has 0 atom stereocenters. The van der Waals surface area contributed by atoms with E-state index < -0.39 is 5.97 Å².